The number of morpholine rings is 1. The molecule has 2 aromatic carbocycles. The Hall–Kier alpha value is -2.34. The normalized spacial score (nSPS) is 22.0. The summed E-state index contributed by atoms with van der Waals surface area (Å²) in [6, 6.07) is 10.7. The van der Waals surface area contributed by atoms with Gasteiger partial charge in [-0.25, -0.2) is 4.90 Å². The van der Waals surface area contributed by atoms with Crippen LogP contribution in [-0.2, 0) is 14.3 Å². The third-order valence-electron chi connectivity index (χ3n) is 5.60. The van der Waals surface area contributed by atoms with E-state index >= 15 is 0 Å². The first-order chi connectivity index (χ1) is 14.7. The van der Waals surface area contributed by atoms with Gasteiger partial charge in [-0.05, 0) is 57.0 Å². The Bertz CT molecular complexity index is 1100. The Labute approximate surface area is 192 Å². The maximum Gasteiger partial charge on any atom is 0.282 e. The number of carbonyl (C=O) groups excluding carboxylic acids is 2. The molecule has 0 saturated carbocycles. The molecule has 4 rings (SSSR count). The summed E-state index contributed by atoms with van der Waals surface area (Å²) in [5, 5.41) is 0.797. The predicted molar refractivity (Wildman–Crippen MR) is 123 cm³/mol. The fourth-order valence-electron chi connectivity index (χ4n) is 4.29. The van der Waals surface area contributed by atoms with Crippen LogP contribution in [0.5, 0.6) is 0 Å². The summed E-state index contributed by atoms with van der Waals surface area (Å²) in [4.78, 5) is 30.7. The number of hydrogen-bond acceptors (Lipinski definition) is 4. The molecule has 2 aliphatic heterocycles. The maximum absolute atomic E-state index is 13.8. The largest absolute Gasteiger partial charge is 0.372 e. The number of halogens is 2. The highest BCUT2D eigenvalue weighted by molar-refractivity contribution is 6.47. The van der Waals surface area contributed by atoms with Crippen LogP contribution in [0.4, 0.5) is 5.69 Å². The quantitative estimate of drug-likeness (QED) is 0.606. The molecule has 0 spiro atoms. The Morgan fingerprint density at radius 3 is 2.26 bits per heavy atom. The SMILES string of the molecule is Cc1ccc(C)c(N2C(=O)C(c3ccc(Cl)cc3Cl)=C(N3CC(C)OC(C)C3)C2=O)c1. The van der Waals surface area contributed by atoms with Crippen molar-refractivity contribution in [1.82, 2.24) is 4.90 Å². The van der Waals surface area contributed by atoms with E-state index in [2.05, 4.69) is 0 Å². The predicted octanol–water partition coefficient (Wildman–Crippen LogP) is 5.00. The summed E-state index contributed by atoms with van der Waals surface area (Å²) in [5.41, 5.74) is 3.56. The van der Waals surface area contributed by atoms with Gasteiger partial charge in [-0.1, -0.05) is 41.4 Å². The molecule has 2 unspecified atom stereocenters. The van der Waals surface area contributed by atoms with Crippen molar-refractivity contribution in [2.45, 2.75) is 39.9 Å². The first kappa shape index (κ1) is 21.9. The van der Waals surface area contributed by atoms with E-state index in [0.717, 1.165) is 11.1 Å². The molecule has 162 valence electrons. The first-order valence-corrected chi connectivity index (χ1v) is 11.0. The molecule has 1 saturated heterocycles. The van der Waals surface area contributed by atoms with E-state index in [-0.39, 0.29) is 24.0 Å². The van der Waals surface area contributed by atoms with Crippen molar-refractivity contribution in [3.8, 4) is 0 Å². The minimum atomic E-state index is -0.385. The van der Waals surface area contributed by atoms with Crippen LogP contribution < -0.4 is 4.90 Å². The molecule has 2 aliphatic rings. The number of imide groups is 1. The van der Waals surface area contributed by atoms with Gasteiger partial charge in [0, 0.05) is 23.7 Å². The van der Waals surface area contributed by atoms with Crippen LogP contribution in [0.15, 0.2) is 42.1 Å². The number of anilines is 1. The second-order valence-corrected chi connectivity index (χ2v) is 9.09. The van der Waals surface area contributed by atoms with Crippen LogP contribution >= 0.6 is 23.2 Å². The minimum Gasteiger partial charge on any atom is -0.372 e. The van der Waals surface area contributed by atoms with E-state index in [1.807, 2.05) is 50.8 Å². The molecule has 0 aliphatic carbocycles. The van der Waals surface area contributed by atoms with Gasteiger partial charge in [-0.2, -0.15) is 0 Å². The minimum absolute atomic E-state index is 0.0733. The van der Waals surface area contributed by atoms with Gasteiger partial charge in [0.05, 0.1) is 28.5 Å². The van der Waals surface area contributed by atoms with Crippen LogP contribution in [0.2, 0.25) is 10.0 Å². The maximum atomic E-state index is 13.8. The summed E-state index contributed by atoms with van der Waals surface area (Å²) in [6.45, 7) is 8.76. The van der Waals surface area contributed by atoms with Gasteiger partial charge in [-0.15, -0.1) is 0 Å². The molecule has 2 amide bonds. The van der Waals surface area contributed by atoms with E-state index in [1.165, 1.54) is 4.90 Å². The monoisotopic (exact) mass is 458 g/mol. The van der Waals surface area contributed by atoms with Crippen molar-refractivity contribution in [3.05, 3.63) is 68.8 Å². The summed E-state index contributed by atoms with van der Waals surface area (Å²) in [7, 11) is 0. The molecule has 2 heterocycles. The lowest BCUT2D eigenvalue weighted by atomic mass is 10.0. The molecule has 0 radical (unpaired) electrons. The van der Waals surface area contributed by atoms with Crippen molar-refractivity contribution >= 4 is 46.3 Å². The Balaban J connectivity index is 1.90. The number of ether oxygens (including phenoxy) is 1. The standard InChI is InChI=1S/C24H24Cl2N2O3/c1-13-5-6-14(2)20(9-13)28-23(29)21(18-8-7-17(25)10-19(18)26)22(24(28)30)27-11-15(3)31-16(4)12-27/h5-10,15-16H,11-12H2,1-4H3. The summed E-state index contributed by atoms with van der Waals surface area (Å²) >= 11 is 12.6. The molecular weight excluding hydrogens is 435 g/mol. The molecule has 0 bridgehead atoms. The molecule has 2 atom stereocenters. The highest BCUT2D eigenvalue weighted by Crippen LogP contribution is 2.40. The number of hydrogen-bond donors (Lipinski definition) is 0. The number of aryl methyl sites for hydroxylation is 2. The number of benzene rings is 2. The molecule has 0 aromatic heterocycles. The third kappa shape index (κ3) is 3.98. The van der Waals surface area contributed by atoms with Gasteiger partial charge in [0.15, 0.2) is 0 Å². The van der Waals surface area contributed by atoms with Crippen molar-refractivity contribution in [2.24, 2.45) is 0 Å². The molecular formula is C24H24Cl2N2O3. The Morgan fingerprint density at radius 1 is 0.935 bits per heavy atom. The highest BCUT2D eigenvalue weighted by Gasteiger charge is 2.44. The van der Waals surface area contributed by atoms with Crippen molar-refractivity contribution in [3.63, 3.8) is 0 Å². The number of amides is 2. The van der Waals surface area contributed by atoms with Crippen LogP contribution in [0.1, 0.15) is 30.5 Å². The first-order valence-electron chi connectivity index (χ1n) is 10.2. The van der Waals surface area contributed by atoms with Crippen LogP contribution in [0.25, 0.3) is 5.57 Å². The molecule has 0 N–H and O–H groups in total. The topological polar surface area (TPSA) is 49.9 Å². The molecule has 7 heteroatoms. The summed E-state index contributed by atoms with van der Waals surface area (Å²) in [5.74, 6) is -0.731. The second-order valence-electron chi connectivity index (χ2n) is 8.25. The van der Waals surface area contributed by atoms with Gasteiger partial charge in [-0.3, -0.25) is 9.59 Å². The average molecular weight is 459 g/mol. The number of nitrogens with zero attached hydrogens (tertiary/aromatic N) is 2. The molecule has 1 fully saturated rings. The van der Waals surface area contributed by atoms with Crippen molar-refractivity contribution in [2.75, 3.05) is 18.0 Å². The van der Waals surface area contributed by atoms with Crippen LogP contribution in [0.3, 0.4) is 0 Å². The van der Waals surface area contributed by atoms with Gasteiger partial charge < -0.3 is 9.64 Å². The second kappa shape index (κ2) is 8.30. The van der Waals surface area contributed by atoms with Gasteiger partial charge >= 0.3 is 0 Å². The van der Waals surface area contributed by atoms with E-state index in [0.29, 0.717) is 45.7 Å². The van der Waals surface area contributed by atoms with Crippen molar-refractivity contribution < 1.29 is 14.3 Å². The zero-order valence-electron chi connectivity index (χ0n) is 17.9. The Morgan fingerprint density at radius 2 is 1.61 bits per heavy atom. The van der Waals surface area contributed by atoms with Crippen LogP contribution in [-0.4, -0.2) is 42.0 Å². The summed E-state index contributed by atoms with van der Waals surface area (Å²) < 4.78 is 5.85. The van der Waals surface area contributed by atoms with E-state index in [4.69, 9.17) is 27.9 Å². The van der Waals surface area contributed by atoms with Crippen LogP contribution in [0, 0.1) is 13.8 Å². The average Bonchev–Trinajstić information content (AvgIpc) is 2.93. The summed E-state index contributed by atoms with van der Waals surface area (Å²) in [6.07, 6.45) is -0.147. The zero-order chi connectivity index (χ0) is 22.4. The Kier molecular flexibility index (Phi) is 5.86. The van der Waals surface area contributed by atoms with E-state index in [9.17, 15) is 9.59 Å². The molecule has 5 nitrogen and oxygen atoms in total. The third-order valence-corrected chi connectivity index (χ3v) is 6.15. The smallest absolute Gasteiger partial charge is 0.282 e. The van der Waals surface area contributed by atoms with Gasteiger partial charge in [0.25, 0.3) is 11.8 Å². The lowest BCUT2D eigenvalue weighted by Gasteiger charge is -2.37. The van der Waals surface area contributed by atoms with E-state index < -0.39 is 0 Å². The highest BCUT2D eigenvalue weighted by atomic mass is 35.5. The number of rotatable bonds is 3. The van der Waals surface area contributed by atoms with Crippen molar-refractivity contribution in [1.29, 1.82) is 0 Å². The molecule has 31 heavy (non-hydrogen) atoms. The zero-order valence-corrected chi connectivity index (χ0v) is 19.4. The lowest BCUT2D eigenvalue weighted by molar-refractivity contribution is -0.121. The van der Waals surface area contributed by atoms with Gasteiger partial charge in [0.1, 0.15) is 5.70 Å². The number of carbonyl (C=O) groups is 2. The lowest BCUT2D eigenvalue weighted by Crippen LogP contribution is -2.47. The fourth-order valence-corrected chi connectivity index (χ4v) is 4.79. The van der Waals surface area contributed by atoms with E-state index in [1.54, 1.807) is 18.2 Å². The van der Waals surface area contributed by atoms with Gasteiger partial charge in [0.2, 0.25) is 0 Å². The fraction of sp³-hybridized carbons (Fsp3) is 0.333. The molecule has 2 aromatic rings.